The molecule has 1 amide bonds. The molecule has 0 saturated heterocycles. The molecule has 0 fully saturated rings. The third kappa shape index (κ3) is 3.29. The van der Waals surface area contributed by atoms with Gasteiger partial charge < -0.3 is 4.74 Å². The Morgan fingerprint density at radius 2 is 2.33 bits per heavy atom. The monoisotopic (exact) mass is 295 g/mol. The second kappa shape index (κ2) is 5.94. The summed E-state index contributed by atoms with van der Waals surface area (Å²) in [6.45, 7) is 2.09. The summed E-state index contributed by atoms with van der Waals surface area (Å²) in [5.41, 5.74) is -0.794. The van der Waals surface area contributed by atoms with Gasteiger partial charge in [0.1, 0.15) is 5.82 Å². The van der Waals surface area contributed by atoms with Crippen LogP contribution in [0.1, 0.15) is 17.3 Å². The molecule has 2 N–H and O–H groups in total. The number of aromatic nitrogens is 3. The zero-order valence-corrected chi connectivity index (χ0v) is 10.8. The van der Waals surface area contributed by atoms with Crippen LogP contribution in [0.3, 0.4) is 0 Å². The normalized spacial score (nSPS) is 10.2. The third-order valence-corrected chi connectivity index (χ3v) is 2.38. The van der Waals surface area contributed by atoms with Crippen LogP contribution in [-0.2, 0) is 0 Å². The number of benzene rings is 1. The van der Waals surface area contributed by atoms with Gasteiger partial charge >= 0.3 is 6.01 Å². The highest BCUT2D eigenvalue weighted by Crippen LogP contribution is 2.17. The van der Waals surface area contributed by atoms with E-state index in [1.807, 2.05) is 0 Å². The first-order valence-corrected chi connectivity index (χ1v) is 5.81. The zero-order chi connectivity index (χ0) is 15.4. The smallest absolute Gasteiger partial charge is 0.337 e. The number of anilines is 1. The number of aromatic amines is 1. The van der Waals surface area contributed by atoms with E-state index in [1.165, 1.54) is 0 Å². The molecule has 0 radical (unpaired) electrons. The molecule has 1 heterocycles. The lowest BCUT2D eigenvalue weighted by molar-refractivity contribution is -0.385. The minimum absolute atomic E-state index is 0.0267. The molecule has 2 rings (SSSR count). The van der Waals surface area contributed by atoms with Crippen molar-refractivity contribution >= 4 is 17.5 Å². The summed E-state index contributed by atoms with van der Waals surface area (Å²) in [5.74, 6) is -1.85. The zero-order valence-electron chi connectivity index (χ0n) is 10.8. The van der Waals surface area contributed by atoms with Gasteiger partial charge in [-0.05, 0) is 13.0 Å². The Morgan fingerprint density at radius 1 is 1.57 bits per heavy atom. The van der Waals surface area contributed by atoms with Crippen molar-refractivity contribution in [3.63, 3.8) is 0 Å². The van der Waals surface area contributed by atoms with E-state index in [0.717, 1.165) is 12.1 Å². The Labute approximate surface area is 117 Å². The number of carbonyl (C=O) groups is 1. The molecule has 21 heavy (non-hydrogen) atoms. The van der Waals surface area contributed by atoms with Crippen LogP contribution in [0.5, 0.6) is 6.01 Å². The molecule has 2 aromatic rings. The number of nitro benzene ring substituents is 1. The molecule has 10 heteroatoms. The number of non-ortho nitro benzene ring substituents is 1. The number of halogens is 1. The van der Waals surface area contributed by atoms with Gasteiger partial charge in [-0.25, -0.2) is 9.49 Å². The van der Waals surface area contributed by atoms with Crippen LogP contribution in [0.4, 0.5) is 16.0 Å². The van der Waals surface area contributed by atoms with Crippen LogP contribution in [0.25, 0.3) is 0 Å². The van der Waals surface area contributed by atoms with E-state index in [0.29, 0.717) is 12.7 Å². The predicted molar refractivity (Wildman–Crippen MR) is 68.6 cm³/mol. The Hall–Kier alpha value is -3.04. The third-order valence-electron chi connectivity index (χ3n) is 2.38. The van der Waals surface area contributed by atoms with Gasteiger partial charge in [0, 0.05) is 6.07 Å². The number of hydrogen-bond acceptors (Lipinski definition) is 6. The van der Waals surface area contributed by atoms with Crippen molar-refractivity contribution in [2.45, 2.75) is 6.92 Å². The summed E-state index contributed by atoms with van der Waals surface area (Å²) < 4.78 is 18.6. The Bertz CT molecular complexity index is 687. The van der Waals surface area contributed by atoms with E-state index in [1.54, 1.807) is 6.92 Å². The number of ether oxygens (including phenoxy) is 1. The van der Waals surface area contributed by atoms with Crippen molar-refractivity contribution in [3.8, 4) is 6.01 Å². The number of carbonyl (C=O) groups excluding carboxylic acids is 1. The minimum atomic E-state index is -1.01. The fourth-order valence-corrected chi connectivity index (χ4v) is 1.47. The van der Waals surface area contributed by atoms with E-state index in [2.05, 4.69) is 20.5 Å². The molecule has 1 aromatic carbocycles. The summed E-state index contributed by atoms with van der Waals surface area (Å²) >= 11 is 0. The number of hydrogen-bond donors (Lipinski definition) is 2. The van der Waals surface area contributed by atoms with E-state index in [9.17, 15) is 19.3 Å². The molecule has 0 saturated carbocycles. The first-order chi connectivity index (χ1) is 10.0. The number of nitro groups is 1. The molecule has 0 aliphatic rings. The average Bonchev–Trinajstić information content (AvgIpc) is 2.86. The largest absolute Gasteiger partial charge is 0.463 e. The fraction of sp³-hybridized carbons (Fsp3) is 0.182. The first kappa shape index (κ1) is 14.4. The maximum Gasteiger partial charge on any atom is 0.337 e. The van der Waals surface area contributed by atoms with E-state index < -0.39 is 22.3 Å². The summed E-state index contributed by atoms with van der Waals surface area (Å²) in [4.78, 5) is 25.4. The lowest BCUT2D eigenvalue weighted by atomic mass is 10.2. The molecular formula is C11H10FN5O4. The van der Waals surface area contributed by atoms with Crippen molar-refractivity contribution in [1.82, 2.24) is 15.2 Å². The second-order valence-corrected chi connectivity index (χ2v) is 3.77. The van der Waals surface area contributed by atoms with Crippen molar-refractivity contribution in [2.24, 2.45) is 0 Å². The molecule has 0 unspecified atom stereocenters. The van der Waals surface area contributed by atoms with Crippen LogP contribution in [0.2, 0.25) is 0 Å². The summed E-state index contributed by atoms with van der Waals surface area (Å²) in [6.07, 6.45) is 0. The number of nitrogens with zero attached hydrogens (tertiary/aromatic N) is 3. The van der Waals surface area contributed by atoms with Gasteiger partial charge in [0.25, 0.3) is 11.6 Å². The summed E-state index contributed by atoms with van der Waals surface area (Å²) in [7, 11) is 0. The standard InChI is InChI=1S/C11H10FN5O4/c1-2-21-11-14-10(15-16-11)13-9(18)7-4-3-6(17(19)20)5-8(7)12/h3-5H,2H2,1H3,(H2,13,14,15,16,18). The Kier molecular flexibility index (Phi) is 4.07. The van der Waals surface area contributed by atoms with Crippen LogP contribution < -0.4 is 10.1 Å². The van der Waals surface area contributed by atoms with E-state index in [4.69, 9.17) is 4.74 Å². The minimum Gasteiger partial charge on any atom is -0.463 e. The quantitative estimate of drug-likeness (QED) is 0.636. The number of H-pyrrole nitrogens is 1. The Balaban J connectivity index is 2.14. The van der Waals surface area contributed by atoms with Crippen LogP contribution >= 0.6 is 0 Å². The molecule has 1 aromatic heterocycles. The molecule has 0 spiro atoms. The maximum atomic E-state index is 13.7. The topological polar surface area (TPSA) is 123 Å². The van der Waals surface area contributed by atoms with Gasteiger partial charge in [-0.3, -0.25) is 20.2 Å². The van der Waals surface area contributed by atoms with E-state index >= 15 is 0 Å². The maximum absolute atomic E-state index is 13.7. The van der Waals surface area contributed by atoms with Crippen LogP contribution in [0.15, 0.2) is 18.2 Å². The van der Waals surface area contributed by atoms with Gasteiger partial charge in [0.15, 0.2) is 0 Å². The molecule has 110 valence electrons. The van der Waals surface area contributed by atoms with Crippen molar-refractivity contribution in [1.29, 1.82) is 0 Å². The molecule has 9 nitrogen and oxygen atoms in total. The Morgan fingerprint density at radius 3 is 2.95 bits per heavy atom. The van der Waals surface area contributed by atoms with Gasteiger partial charge in [-0.2, -0.15) is 4.98 Å². The predicted octanol–water partition coefficient (Wildman–Crippen LogP) is 1.50. The lowest BCUT2D eigenvalue weighted by Gasteiger charge is -2.02. The highest BCUT2D eigenvalue weighted by molar-refractivity contribution is 6.03. The van der Waals surface area contributed by atoms with Crippen LogP contribution in [-0.4, -0.2) is 32.6 Å². The van der Waals surface area contributed by atoms with Gasteiger partial charge in [0.05, 0.1) is 23.2 Å². The fourth-order valence-electron chi connectivity index (χ4n) is 1.47. The SMILES string of the molecule is CCOc1n[nH]c(NC(=O)c2ccc([N+](=O)[O-])cc2F)n1. The first-order valence-electron chi connectivity index (χ1n) is 5.81. The second-order valence-electron chi connectivity index (χ2n) is 3.77. The van der Waals surface area contributed by atoms with Crippen molar-refractivity contribution < 1.29 is 18.8 Å². The van der Waals surface area contributed by atoms with Crippen molar-refractivity contribution in [2.75, 3.05) is 11.9 Å². The number of amides is 1. The van der Waals surface area contributed by atoms with Crippen LogP contribution in [0, 0.1) is 15.9 Å². The van der Waals surface area contributed by atoms with Gasteiger partial charge in [-0.15, -0.1) is 5.10 Å². The molecule has 0 aliphatic carbocycles. The van der Waals surface area contributed by atoms with E-state index in [-0.39, 0.29) is 17.5 Å². The van der Waals surface area contributed by atoms with Gasteiger partial charge in [0.2, 0.25) is 5.95 Å². The molecule has 0 bridgehead atoms. The molecule has 0 atom stereocenters. The summed E-state index contributed by atoms with van der Waals surface area (Å²) in [5, 5.41) is 18.8. The van der Waals surface area contributed by atoms with Gasteiger partial charge in [-0.1, -0.05) is 0 Å². The highest BCUT2D eigenvalue weighted by atomic mass is 19.1. The lowest BCUT2D eigenvalue weighted by Crippen LogP contribution is -2.15. The number of nitrogens with one attached hydrogen (secondary N) is 2. The molecular weight excluding hydrogens is 285 g/mol. The highest BCUT2D eigenvalue weighted by Gasteiger charge is 2.17. The van der Waals surface area contributed by atoms with Crippen molar-refractivity contribution in [3.05, 3.63) is 39.7 Å². The number of rotatable bonds is 5. The average molecular weight is 295 g/mol. The molecule has 0 aliphatic heterocycles. The summed E-state index contributed by atoms with van der Waals surface area (Å²) in [6, 6.07) is 2.75.